The average Bonchev–Trinajstić information content (AvgIpc) is 2.58. The summed E-state index contributed by atoms with van der Waals surface area (Å²) in [7, 11) is -3.54. The predicted octanol–water partition coefficient (Wildman–Crippen LogP) is 3.42. The van der Waals surface area contributed by atoms with E-state index in [1.807, 2.05) is 0 Å². The molecule has 2 rings (SSSR count). The van der Waals surface area contributed by atoms with Crippen LogP contribution < -0.4 is 5.32 Å². The van der Waals surface area contributed by atoms with Crippen molar-refractivity contribution in [1.29, 1.82) is 0 Å². The summed E-state index contributed by atoms with van der Waals surface area (Å²) in [5.41, 5.74) is 1.09. The maximum Gasteiger partial charge on any atom is 0.255 e. The highest BCUT2D eigenvalue weighted by Crippen LogP contribution is 2.19. The molecule has 134 valence electrons. The third kappa shape index (κ3) is 4.24. The number of aryl methyl sites for hydroxylation is 1. The zero-order chi connectivity index (χ0) is 18.6. The molecule has 0 saturated heterocycles. The van der Waals surface area contributed by atoms with Crippen molar-refractivity contribution in [1.82, 2.24) is 4.31 Å². The maximum absolute atomic E-state index is 13.6. The first-order valence-corrected chi connectivity index (χ1v) is 9.41. The summed E-state index contributed by atoms with van der Waals surface area (Å²) < 4.78 is 39.7. The zero-order valence-corrected chi connectivity index (χ0v) is 15.2. The lowest BCUT2D eigenvalue weighted by Crippen LogP contribution is -2.30. The summed E-state index contributed by atoms with van der Waals surface area (Å²) in [6.07, 6.45) is 0. The number of amides is 1. The number of hydrogen-bond donors (Lipinski definition) is 1. The van der Waals surface area contributed by atoms with Gasteiger partial charge in [0, 0.05) is 24.3 Å². The van der Waals surface area contributed by atoms with Crippen LogP contribution in [0.15, 0.2) is 47.4 Å². The van der Waals surface area contributed by atoms with E-state index in [-0.39, 0.29) is 10.5 Å². The Hall–Kier alpha value is -2.25. The highest BCUT2D eigenvalue weighted by atomic mass is 32.2. The Morgan fingerprint density at radius 2 is 1.68 bits per heavy atom. The molecule has 0 fully saturated rings. The van der Waals surface area contributed by atoms with Crippen molar-refractivity contribution in [2.45, 2.75) is 25.7 Å². The molecule has 0 aromatic heterocycles. The summed E-state index contributed by atoms with van der Waals surface area (Å²) in [6.45, 7) is 5.94. The summed E-state index contributed by atoms with van der Waals surface area (Å²) in [5, 5.41) is 2.63. The molecule has 0 aliphatic heterocycles. The Labute approximate surface area is 147 Å². The third-order valence-corrected chi connectivity index (χ3v) is 5.95. The molecule has 0 aliphatic carbocycles. The van der Waals surface area contributed by atoms with E-state index in [0.717, 1.165) is 0 Å². The number of benzene rings is 2. The van der Waals surface area contributed by atoms with Crippen LogP contribution >= 0.6 is 0 Å². The first-order valence-electron chi connectivity index (χ1n) is 7.97. The largest absolute Gasteiger partial charge is 0.322 e. The highest BCUT2D eigenvalue weighted by molar-refractivity contribution is 7.89. The molecular weight excluding hydrogens is 343 g/mol. The van der Waals surface area contributed by atoms with Crippen LogP contribution in [0.25, 0.3) is 0 Å². The van der Waals surface area contributed by atoms with Crippen molar-refractivity contribution >= 4 is 21.6 Å². The van der Waals surface area contributed by atoms with Gasteiger partial charge in [0.15, 0.2) is 0 Å². The minimum atomic E-state index is -3.54. The Bertz CT molecular complexity index is 860. The Kier molecular flexibility index (Phi) is 5.92. The van der Waals surface area contributed by atoms with Crippen LogP contribution in [-0.4, -0.2) is 31.7 Å². The Balaban J connectivity index is 2.17. The molecule has 0 heterocycles. The van der Waals surface area contributed by atoms with Gasteiger partial charge in [0.2, 0.25) is 10.0 Å². The fourth-order valence-electron chi connectivity index (χ4n) is 2.36. The van der Waals surface area contributed by atoms with E-state index in [1.165, 1.54) is 46.8 Å². The van der Waals surface area contributed by atoms with E-state index in [0.29, 0.717) is 24.3 Å². The summed E-state index contributed by atoms with van der Waals surface area (Å²) >= 11 is 0. The number of hydrogen-bond acceptors (Lipinski definition) is 3. The number of carbonyl (C=O) groups is 1. The van der Waals surface area contributed by atoms with Gasteiger partial charge in [-0.3, -0.25) is 4.79 Å². The number of nitrogens with one attached hydrogen (secondary N) is 1. The van der Waals surface area contributed by atoms with Gasteiger partial charge >= 0.3 is 0 Å². The van der Waals surface area contributed by atoms with Gasteiger partial charge in [-0.25, -0.2) is 12.8 Å². The van der Waals surface area contributed by atoms with Crippen molar-refractivity contribution in [3.63, 3.8) is 0 Å². The molecule has 1 amide bonds. The average molecular weight is 364 g/mol. The molecule has 0 saturated carbocycles. The van der Waals surface area contributed by atoms with Crippen LogP contribution in [0.4, 0.5) is 10.1 Å². The van der Waals surface area contributed by atoms with Gasteiger partial charge in [0.1, 0.15) is 5.82 Å². The van der Waals surface area contributed by atoms with Crippen molar-refractivity contribution in [3.8, 4) is 0 Å². The lowest BCUT2D eigenvalue weighted by atomic mass is 10.1. The standard InChI is InChI=1S/C18H21FN2O3S/c1-4-21(5-2)25(23,24)16-10-8-15(9-11-16)20-18(22)14-7-6-13(3)17(19)12-14/h6-12H,4-5H2,1-3H3,(H,20,22). The van der Waals surface area contributed by atoms with Gasteiger partial charge in [-0.15, -0.1) is 0 Å². The first-order chi connectivity index (χ1) is 11.8. The van der Waals surface area contributed by atoms with Gasteiger partial charge in [-0.1, -0.05) is 19.9 Å². The molecule has 0 unspecified atom stereocenters. The van der Waals surface area contributed by atoms with Crippen LogP contribution in [0.1, 0.15) is 29.8 Å². The fourth-order valence-corrected chi connectivity index (χ4v) is 3.82. The van der Waals surface area contributed by atoms with Crippen molar-refractivity contribution in [2.24, 2.45) is 0 Å². The minimum Gasteiger partial charge on any atom is -0.322 e. The van der Waals surface area contributed by atoms with Crippen molar-refractivity contribution < 1.29 is 17.6 Å². The Morgan fingerprint density at radius 3 is 2.20 bits per heavy atom. The quantitative estimate of drug-likeness (QED) is 0.854. The Morgan fingerprint density at radius 1 is 1.08 bits per heavy atom. The maximum atomic E-state index is 13.6. The fraction of sp³-hybridized carbons (Fsp3) is 0.278. The summed E-state index contributed by atoms with van der Waals surface area (Å²) in [4.78, 5) is 12.3. The van der Waals surface area contributed by atoms with E-state index >= 15 is 0 Å². The second-order valence-electron chi connectivity index (χ2n) is 5.53. The number of anilines is 1. The molecule has 2 aromatic carbocycles. The molecule has 0 aliphatic rings. The van der Waals surface area contributed by atoms with Gasteiger partial charge in [-0.2, -0.15) is 4.31 Å². The van der Waals surface area contributed by atoms with Gasteiger partial charge in [0.05, 0.1) is 4.90 Å². The lowest BCUT2D eigenvalue weighted by molar-refractivity contribution is 0.102. The van der Waals surface area contributed by atoms with Gasteiger partial charge in [0.25, 0.3) is 5.91 Å². The molecule has 7 heteroatoms. The van der Waals surface area contributed by atoms with E-state index in [9.17, 15) is 17.6 Å². The SMILES string of the molecule is CCN(CC)S(=O)(=O)c1ccc(NC(=O)c2ccc(C)c(F)c2)cc1. The lowest BCUT2D eigenvalue weighted by Gasteiger charge is -2.18. The van der Waals surface area contributed by atoms with Crippen LogP contribution in [0.2, 0.25) is 0 Å². The summed E-state index contributed by atoms with van der Waals surface area (Å²) in [5.74, 6) is -0.911. The number of halogens is 1. The highest BCUT2D eigenvalue weighted by Gasteiger charge is 2.21. The van der Waals surface area contributed by atoms with Crippen LogP contribution in [0.5, 0.6) is 0 Å². The molecule has 25 heavy (non-hydrogen) atoms. The van der Waals surface area contributed by atoms with Crippen LogP contribution in [0.3, 0.4) is 0 Å². The smallest absolute Gasteiger partial charge is 0.255 e. The molecule has 0 bridgehead atoms. The molecule has 1 N–H and O–H groups in total. The van der Waals surface area contributed by atoms with Crippen LogP contribution in [0, 0.1) is 12.7 Å². The van der Waals surface area contributed by atoms with Crippen molar-refractivity contribution in [3.05, 3.63) is 59.4 Å². The monoisotopic (exact) mass is 364 g/mol. The zero-order valence-electron chi connectivity index (χ0n) is 14.4. The second kappa shape index (κ2) is 7.76. The molecule has 5 nitrogen and oxygen atoms in total. The van der Waals surface area contributed by atoms with E-state index in [1.54, 1.807) is 20.8 Å². The number of rotatable bonds is 6. The van der Waals surface area contributed by atoms with Crippen LogP contribution in [-0.2, 0) is 10.0 Å². The number of nitrogens with zero attached hydrogens (tertiary/aromatic N) is 1. The third-order valence-electron chi connectivity index (χ3n) is 3.89. The molecule has 0 spiro atoms. The van der Waals surface area contributed by atoms with Gasteiger partial charge < -0.3 is 5.32 Å². The topological polar surface area (TPSA) is 66.5 Å². The number of carbonyl (C=O) groups excluding carboxylic acids is 1. The first kappa shape index (κ1) is 19.1. The van der Waals surface area contributed by atoms with E-state index < -0.39 is 21.7 Å². The van der Waals surface area contributed by atoms with E-state index in [4.69, 9.17) is 0 Å². The summed E-state index contributed by atoms with van der Waals surface area (Å²) in [6, 6.07) is 10.1. The molecule has 0 atom stereocenters. The van der Waals surface area contributed by atoms with Crippen molar-refractivity contribution in [2.75, 3.05) is 18.4 Å². The predicted molar refractivity (Wildman–Crippen MR) is 95.6 cm³/mol. The second-order valence-corrected chi connectivity index (χ2v) is 7.47. The van der Waals surface area contributed by atoms with E-state index in [2.05, 4.69) is 5.32 Å². The molecule has 2 aromatic rings. The molecular formula is C18H21FN2O3S. The normalized spacial score (nSPS) is 11.6. The minimum absolute atomic E-state index is 0.163. The molecule has 0 radical (unpaired) electrons. The number of sulfonamides is 1. The van der Waals surface area contributed by atoms with Gasteiger partial charge in [-0.05, 0) is 48.9 Å².